The van der Waals surface area contributed by atoms with E-state index in [4.69, 9.17) is 21.6 Å². The van der Waals surface area contributed by atoms with Crippen molar-refractivity contribution in [2.45, 2.75) is 6.18 Å². The summed E-state index contributed by atoms with van der Waals surface area (Å²) >= 11 is 5.77. The predicted molar refractivity (Wildman–Crippen MR) is 88.2 cm³/mol. The first-order valence-corrected chi connectivity index (χ1v) is 7.67. The SMILES string of the molecule is N#Cc1cc(NC(=O)COc2ccc(F)cc2Cl)ccc1OCC(F)(F)F. The quantitative estimate of drug-likeness (QED) is 0.731. The number of benzene rings is 2. The van der Waals surface area contributed by atoms with Crippen molar-refractivity contribution in [1.82, 2.24) is 0 Å². The minimum atomic E-state index is -4.54. The van der Waals surface area contributed by atoms with Crippen molar-refractivity contribution in [3.8, 4) is 17.6 Å². The number of rotatable bonds is 6. The van der Waals surface area contributed by atoms with Crippen molar-refractivity contribution >= 4 is 23.2 Å². The van der Waals surface area contributed by atoms with Gasteiger partial charge in [0.25, 0.3) is 5.91 Å². The maximum atomic E-state index is 12.9. The summed E-state index contributed by atoms with van der Waals surface area (Å²) in [7, 11) is 0. The number of carbonyl (C=O) groups excluding carboxylic acids is 1. The van der Waals surface area contributed by atoms with Crippen molar-refractivity contribution in [2.75, 3.05) is 18.5 Å². The summed E-state index contributed by atoms with van der Waals surface area (Å²) in [4.78, 5) is 11.9. The van der Waals surface area contributed by atoms with E-state index >= 15 is 0 Å². The van der Waals surface area contributed by atoms with Gasteiger partial charge in [0.15, 0.2) is 13.2 Å². The molecule has 5 nitrogen and oxygen atoms in total. The van der Waals surface area contributed by atoms with Crippen molar-refractivity contribution < 1.29 is 31.8 Å². The number of nitrogens with one attached hydrogen (secondary N) is 1. The molecule has 0 spiro atoms. The molecule has 27 heavy (non-hydrogen) atoms. The van der Waals surface area contributed by atoms with Gasteiger partial charge in [-0.1, -0.05) is 11.6 Å². The molecule has 0 aliphatic rings. The van der Waals surface area contributed by atoms with Crippen LogP contribution in [-0.4, -0.2) is 25.3 Å². The summed E-state index contributed by atoms with van der Waals surface area (Å²) in [6.45, 7) is -2.00. The van der Waals surface area contributed by atoms with Gasteiger partial charge in [-0.25, -0.2) is 4.39 Å². The third-order valence-corrected chi connectivity index (χ3v) is 3.32. The average molecular weight is 403 g/mol. The van der Waals surface area contributed by atoms with Crippen LogP contribution in [0.25, 0.3) is 0 Å². The smallest absolute Gasteiger partial charge is 0.422 e. The van der Waals surface area contributed by atoms with Crippen LogP contribution in [0, 0.1) is 17.1 Å². The molecule has 0 fully saturated rings. The largest absolute Gasteiger partial charge is 0.483 e. The van der Waals surface area contributed by atoms with Gasteiger partial charge in [0.2, 0.25) is 0 Å². The van der Waals surface area contributed by atoms with Gasteiger partial charge in [0, 0.05) is 5.69 Å². The number of ether oxygens (including phenoxy) is 2. The van der Waals surface area contributed by atoms with Gasteiger partial charge < -0.3 is 14.8 Å². The van der Waals surface area contributed by atoms with Crippen LogP contribution in [0.4, 0.5) is 23.2 Å². The number of hydrogen-bond acceptors (Lipinski definition) is 4. The first-order valence-electron chi connectivity index (χ1n) is 7.29. The molecule has 0 heterocycles. The molecule has 2 aromatic rings. The molecule has 0 saturated carbocycles. The Bertz CT molecular complexity index is 881. The Morgan fingerprint density at radius 1 is 1.15 bits per heavy atom. The standard InChI is InChI=1S/C17H11ClF4N2O3/c18-13-6-11(19)1-3-15(13)26-8-16(25)24-12-2-4-14(10(5-12)7-23)27-9-17(20,21)22/h1-6H,8-9H2,(H,24,25). The van der Waals surface area contributed by atoms with E-state index in [0.29, 0.717) is 0 Å². The second-order valence-electron chi connectivity index (χ2n) is 5.14. The number of nitriles is 1. The molecule has 142 valence electrons. The first kappa shape index (κ1) is 20.3. The van der Waals surface area contributed by atoms with Gasteiger partial charge in [0.1, 0.15) is 23.4 Å². The van der Waals surface area contributed by atoms with Crippen LogP contribution in [0.15, 0.2) is 36.4 Å². The number of anilines is 1. The van der Waals surface area contributed by atoms with E-state index in [2.05, 4.69) is 10.1 Å². The fraction of sp³-hybridized carbons (Fsp3) is 0.176. The zero-order valence-electron chi connectivity index (χ0n) is 13.4. The zero-order chi connectivity index (χ0) is 20.0. The highest BCUT2D eigenvalue weighted by molar-refractivity contribution is 6.32. The summed E-state index contributed by atoms with van der Waals surface area (Å²) in [6, 6.07) is 8.65. The number of carbonyl (C=O) groups is 1. The van der Waals surface area contributed by atoms with E-state index in [0.717, 1.165) is 24.3 Å². The highest BCUT2D eigenvalue weighted by Gasteiger charge is 2.28. The molecule has 10 heteroatoms. The van der Waals surface area contributed by atoms with Gasteiger partial charge in [0.05, 0.1) is 10.6 Å². The summed E-state index contributed by atoms with van der Waals surface area (Å²) in [5, 5.41) is 11.4. The Hall–Kier alpha value is -2.99. The highest BCUT2D eigenvalue weighted by Crippen LogP contribution is 2.26. The van der Waals surface area contributed by atoms with Crippen molar-refractivity contribution in [3.05, 3.63) is 52.8 Å². The molecule has 2 rings (SSSR count). The lowest BCUT2D eigenvalue weighted by Crippen LogP contribution is -2.21. The average Bonchev–Trinajstić information content (AvgIpc) is 2.59. The number of amides is 1. The van der Waals surface area contributed by atoms with Crippen LogP contribution < -0.4 is 14.8 Å². The van der Waals surface area contributed by atoms with Crippen LogP contribution in [0.2, 0.25) is 5.02 Å². The highest BCUT2D eigenvalue weighted by atomic mass is 35.5. The third-order valence-electron chi connectivity index (χ3n) is 3.03. The Kier molecular flexibility index (Phi) is 6.47. The van der Waals surface area contributed by atoms with E-state index in [-0.39, 0.29) is 27.8 Å². The normalized spacial score (nSPS) is 10.8. The number of nitrogens with zero attached hydrogens (tertiary/aromatic N) is 1. The maximum absolute atomic E-state index is 12.9. The second-order valence-corrected chi connectivity index (χ2v) is 5.55. The number of hydrogen-bond donors (Lipinski definition) is 1. The van der Waals surface area contributed by atoms with E-state index in [1.54, 1.807) is 6.07 Å². The lowest BCUT2D eigenvalue weighted by molar-refractivity contribution is -0.153. The molecule has 0 bridgehead atoms. The molecule has 0 unspecified atom stereocenters. The Morgan fingerprint density at radius 3 is 2.48 bits per heavy atom. The minimum absolute atomic E-state index is 0.0132. The Labute approximate surface area is 156 Å². The molecule has 1 N–H and O–H groups in total. The van der Waals surface area contributed by atoms with E-state index < -0.39 is 31.1 Å². The zero-order valence-corrected chi connectivity index (χ0v) is 14.2. The van der Waals surface area contributed by atoms with Gasteiger partial charge >= 0.3 is 6.18 Å². The number of alkyl halides is 3. The topological polar surface area (TPSA) is 71.4 Å². The summed E-state index contributed by atoms with van der Waals surface area (Å²) < 4.78 is 59.2. The van der Waals surface area contributed by atoms with E-state index in [9.17, 15) is 22.4 Å². The van der Waals surface area contributed by atoms with Crippen molar-refractivity contribution in [3.63, 3.8) is 0 Å². The van der Waals surface area contributed by atoms with Crippen LogP contribution in [0.3, 0.4) is 0 Å². The third kappa shape index (κ3) is 6.34. The molecule has 0 aliphatic heterocycles. The molecular weight excluding hydrogens is 392 g/mol. The fourth-order valence-electron chi connectivity index (χ4n) is 1.91. The van der Waals surface area contributed by atoms with E-state index in [1.807, 2.05) is 0 Å². The van der Waals surface area contributed by atoms with Crippen molar-refractivity contribution in [1.29, 1.82) is 5.26 Å². The van der Waals surface area contributed by atoms with Gasteiger partial charge in [-0.2, -0.15) is 18.4 Å². The lowest BCUT2D eigenvalue weighted by atomic mass is 10.2. The summed E-state index contributed by atoms with van der Waals surface area (Å²) in [5.41, 5.74) is -0.0238. The number of halogens is 5. The van der Waals surface area contributed by atoms with Gasteiger partial charge in [-0.15, -0.1) is 0 Å². The second kappa shape index (κ2) is 8.60. The molecule has 2 aromatic carbocycles. The molecule has 0 aromatic heterocycles. The maximum Gasteiger partial charge on any atom is 0.422 e. The van der Waals surface area contributed by atoms with Crippen molar-refractivity contribution in [2.24, 2.45) is 0 Å². The molecular formula is C17H11ClF4N2O3. The molecule has 0 radical (unpaired) electrons. The lowest BCUT2D eigenvalue weighted by Gasteiger charge is -2.12. The molecule has 0 atom stereocenters. The predicted octanol–water partition coefficient (Wildman–Crippen LogP) is 4.31. The Balaban J connectivity index is 1.98. The monoisotopic (exact) mass is 402 g/mol. The molecule has 0 aliphatic carbocycles. The summed E-state index contributed by atoms with van der Waals surface area (Å²) in [6.07, 6.45) is -4.54. The van der Waals surface area contributed by atoms with Gasteiger partial charge in [-0.05, 0) is 36.4 Å². The van der Waals surface area contributed by atoms with E-state index in [1.165, 1.54) is 12.1 Å². The molecule has 0 saturated heterocycles. The van der Waals surface area contributed by atoms with Crippen LogP contribution in [-0.2, 0) is 4.79 Å². The van der Waals surface area contributed by atoms with Gasteiger partial charge in [-0.3, -0.25) is 4.79 Å². The summed E-state index contributed by atoms with van der Waals surface area (Å²) in [5.74, 6) is -1.35. The first-order chi connectivity index (χ1) is 12.7. The minimum Gasteiger partial charge on any atom is -0.483 e. The Morgan fingerprint density at radius 2 is 1.85 bits per heavy atom. The van der Waals surface area contributed by atoms with Crippen LogP contribution in [0.1, 0.15) is 5.56 Å². The molecule has 1 amide bonds. The fourth-order valence-corrected chi connectivity index (χ4v) is 2.13. The van der Waals surface area contributed by atoms with Crippen LogP contribution >= 0.6 is 11.6 Å². The van der Waals surface area contributed by atoms with Crippen LogP contribution in [0.5, 0.6) is 11.5 Å².